The summed E-state index contributed by atoms with van der Waals surface area (Å²) in [5, 5.41) is 11.0. The molecule has 0 spiro atoms. The van der Waals surface area contributed by atoms with Gasteiger partial charge in [0.25, 0.3) is 0 Å². The van der Waals surface area contributed by atoms with Gasteiger partial charge in [0.2, 0.25) is 5.91 Å². The van der Waals surface area contributed by atoms with Crippen LogP contribution in [0.1, 0.15) is 33.1 Å². The van der Waals surface area contributed by atoms with Crippen molar-refractivity contribution in [1.82, 2.24) is 14.8 Å². The lowest BCUT2D eigenvalue weighted by atomic mass is 10.2. The number of amides is 1. The number of benzene rings is 1. The van der Waals surface area contributed by atoms with Gasteiger partial charge in [0.05, 0.1) is 10.3 Å². The van der Waals surface area contributed by atoms with Gasteiger partial charge in [-0.3, -0.25) is 4.79 Å². The van der Waals surface area contributed by atoms with Crippen molar-refractivity contribution in [3.8, 4) is 0 Å². The highest BCUT2D eigenvalue weighted by Gasteiger charge is 2.18. The van der Waals surface area contributed by atoms with Gasteiger partial charge in [-0.15, -0.1) is 10.2 Å². The first-order chi connectivity index (χ1) is 11.5. The second-order valence-corrected chi connectivity index (χ2v) is 7.11. The summed E-state index contributed by atoms with van der Waals surface area (Å²) in [5.74, 6) is -0.719. The number of unbranched alkanes of at least 4 members (excludes halogenated alkanes) is 2. The molecule has 24 heavy (non-hydrogen) atoms. The van der Waals surface area contributed by atoms with Crippen LogP contribution < -0.4 is 5.32 Å². The number of hydrogen-bond donors (Lipinski definition) is 1. The van der Waals surface area contributed by atoms with Crippen LogP contribution in [0.15, 0.2) is 29.7 Å². The largest absolute Gasteiger partial charge is 0.325 e. The Bertz CT molecular complexity index is 694. The highest BCUT2D eigenvalue weighted by Crippen LogP contribution is 2.24. The van der Waals surface area contributed by atoms with Crippen LogP contribution in [-0.2, 0) is 11.3 Å². The third kappa shape index (κ3) is 5.21. The maximum atomic E-state index is 13.2. The minimum Gasteiger partial charge on any atom is -0.325 e. The quantitative estimate of drug-likeness (QED) is 0.553. The number of aryl methyl sites for hydroxylation is 1. The van der Waals surface area contributed by atoms with E-state index >= 15 is 0 Å². The Morgan fingerprint density at radius 1 is 1.46 bits per heavy atom. The predicted molar refractivity (Wildman–Crippen MR) is 94.9 cm³/mol. The number of nitrogens with one attached hydrogen (secondary N) is 1. The summed E-state index contributed by atoms with van der Waals surface area (Å²) in [4.78, 5) is 12.3. The third-order valence-corrected chi connectivity index (χ3v) is 4.81. The Balaban J connectivity index is 1.94. The zero-order valence-electron chi connectivity index (χ0n) is 13.6. The number of halogens is 2. The van der Waals surface area contributed by atoms with Crippen molar-refractivity contribution in [2.45, 2.75) is 50.1 Å². The molecule has 2 aromatic rings. The van der Waals surface area contributed by atoms with E-state index in [1.807, 2.05) is 4.57 Å². The van der Waals surface area contributed by atoms with Crippen LogP contribution >= 0.6 is 23.4 Å². The van der Waals surface area contributed by atoms with Crippen molar-refractivity contribution in [3.05, 3.63) is 35.4 Å². The van der Waals surface area contributed by atoms with Gasteiger partial charge in [-0.05, 0) is 31.5 Å². The van der Waals surface area contributed by atoms with E-state index in [4.69, 9.17) is 11.6 Å². The number of carbonyl (C=O) groups excluding carboxylic acids is 1. The summed E-state index contributed by atoms with van der Waals surface area (Å²) in [6.45, 7) is 4.78. The van der Waals surface area contributed by atoms with Crippen molar-refractivity contribution < 1.29 is 9.18 Å². The van der Waals surface area contributed by atoms with E-state index in [0.717, 1.165) is 25.8 Å². The van der Waals surface area contributed by atoms with Crippen LogP contribution in [0.5, 0.6) is 0 Å². The second-order valence-electron chi connectivity index (χ2n) is 5.39. The standard InChI is InChI=1S/C16H20ClFN4OS/c1-3-4-5-8-22-10-19-21-16(22)24-11(2)15(23)20-12-6-7-14(18)13(17)9-12/h6-7,9-11H,3-5,8H2,1-2H3,(H,20,23)/t11-/m0/s1. The van der Waals surface area contributed by atoms with Gasteiger partial charge in [-0.25, -0.2) is 4.39 Å². The number of thioether (sulfide) groups is 1. The minimum atomic E-state index is -0.516. The summed E-state index contributed by atoms with van der Waals surface area (Å²) < 4.78 is 15.1. The fourth-order valence-corrected chi connectivity index (χ4v) is 3.08. The second kappa shape index (κ2) is 9.03. The number of rotatable bonds is 8. The Labute approximate surface area is 150 Å². The van der Waals surface area contributed by atoms with Crippen LogP contribution in [0.25, 0.3) is 0 Å². The first-order valence-corrected chi connectivity index (χ1v) is 9.07. The van der Waals surface area contributed by atoms with E-state index in [1.54, 1.807) is 13.3 Å². The van der Waals surface area contributed by atoms with Crippen LogP contribution in [0.2, 0.25) is 5.02 Å². The van der Waals surface area contributed by atoms with Crippen molar-refractivity contribution in [3.63, 3.8) is 0 Å². The molecule has 2 rings (SSSR count). The van der Waals surface area contributed by atoms with Gasteiger partial charge in [-0.1, -0.05) is 43.1 Å². The van der Waals surface area contributed by atoms with Gasteiger partial charge in [0.1, 0.15) is 12.1 Å². The highest BCUT2D eigenvalue weighted by molar-refractivity contribution is 8.00. The number of anilines is 1. The predicted octanol–water partition coefficient (Wildman–Crippen LogP) is 4.38. The minimum absolute atomic E-state index is 0.0243. The molecule has 0 bridgehead atoms. The highest BCUT2D eigenvalue weighted by atomic mass is 35.5. The average molecular weight is 371 g/mol. The zero-order chi connectivity index (χ0) is 17.5. The molecule has 1 aromatic heterocycles. The van der Waals surface area contributed by atoms with E-state index in [-0.39, 0.29) is 16.2 Å². The fourth-order valence-electron chi connectivity index (χ4n) is 2.05. The monoisotopic (exact) mass is 370 g/mol. The van der Waals surface area contributed by atoms with Crippen LogP contribution in [0.4, 0.5) is 10.1 Å². The van der Waals surface area contributed by atoms with E-state index in [2.05, 4.69) is 22.4 Å². The van der Waals surface area contributed by atoms with Gasteiger partial charge in [0, 0.05) is 12.2 Å². The molecule has 0 radical (unpaired) electrons. The maximum Gasteiger partial charge on any atom is 0.237 e. The first-order valence-electron chi connectivity index (χ1n) is 7.81. The van der Waals surface area contributed by atoms with E-state index < -0.39 is 5.82 Å². The van der Waals surface area contributed by atoms with Crippen LogP contribution in [-0.4, -0.2) is 25.9 Å². The third-order valence-electron chi connectivity index (χ3n) is 3.42. The molecule has 0 aliphatic heterocycles. The van der Waals surface area contributed by atoms with E-state index in [0.29, 0.717) is 10.8 Å². The zero-order valence-corrected chi connectivity index (χ0v) is 15.2. The molecule has 8 heteroatoms. The summed E-state index contributed by atoms with van der Waals surface area (Å²) in [6, 6.07) is 4.09. The molecule has 1 aromatic carbocycles. The van der Waals surface area contributed by atoms with Crippen molar-refractivity contribution >= 4 is 35.0 Å². The molecule has 1 atom stereocenters. The lowest BCUT2D eigenvalue weighted by molar-refractivity contribution is -0.115. The lowest BCUT2D eigenvalue weighted by Gasteiger charge is -2.12. The molecule has 1 heterocycles. The topological polar surface area (TPSA) is 59.8 Å². The molecule has 5 nitrogen and oxygen atoms in total. The number of hydrogen-bond acceptors (Lipinski definition) is 4. The first kappa shape index (κ1) is 18.7. The number of carbonyl (C=O) groups is 1. The molecule has 130 valence electrons. The van der Waals surface area contributed by atoms with Crippen molar-refractivity contribution in [2.24, 2.45) is 0 Å². The SMILES string of the molecule is CCCCCn1cnnc1S[C@@H](C)C(=O)Nc1ccc(F)c(Cl)c1. The molecule has 0 saturated carbocycles. The number of aromatic nitrogens is 3. The summed E-state index contributed by atoms with van der Waals surface area (Å²) >= 11 is 7.06. The molecule has 0 aliphatic rings. The fraction of sp³-hybridized carbons (Fsp3) is 0.438. The molecule has 0 unspecified atom stereocenters. The molecule has 1 amide bonds. The van der Waals surface area contributed by atoms with Crippen LogP contribution in [0.3, 0.4) is 0 Å². The van der Waals surface area contributed by atoms with Crippen molar-refractivity contribution in [2.75, 3.05) is 5.32 Å². The van der Waals surface area contributed by atoms with Gasteiger partial charge in [-0.2, -0.15) is 0 Å². The smallest absolute Gasteiger partial charge is 0.237 e. The number of nitrogens with zero attached hydrogens (tertiary/aromatic N) is 3. The maximum absolute atomic E-state index is 13.2. The Hall–Kier alpha value is -1.60. The van der Waals surface area contributed by atoms with Crippen molar-refractivity contribution in [1.29, 1.82) is 0 Å². The van der Waals surface area contributed by atoms with E-state index in [9.17, 15) is 9.18 Å². The van der Waals surface area contributed by atoms with Gasteiger partial charge in [0.15, 0.2) is 5.16 Å². The van der Waals surface area contributed by atoms with E-state index in [1.165, 1.54) is 30.0 Å². The Kier molecular flexibility index (Phi) is 7.05. The molecule has 1 N–H and O–H groups in total. The van der Waals surface area contributed by atoms with Gasteiger partial charge >= 0.3 is 0 Å². The molecular weight excluding hydrogens is 351 g/mol. The normalized spacial score (nSPS) is 12.2. The summed E-state index contributed by atoms with van der Waals surface area (Å²) in [5.41, 5.74) is 0.461. The molecule has 0 saturated heterocycles. The summed E-state index contributed by atoms with van der Waals surface area (Å²) in [6.07, 6.45) is 5.02. The molecular formula is C16H20ClFN4OS. The van der Waals surface area contributed by atoms with Gasteiger partial charge < -0.3 is 9.88 Å². The van der Waals surface area contributed by atoms with Crippen LogP contribution in [0, 0.1) is 5.82 Å². The summed E-state index contributed by atoms with van der Waals surface area (Å²) in [7, 11) is 0. The Morgan fingerprint density at radius 2 is 2.25 bits per heavy atom. The Morgan fingerprint density at radius 3 is 2.96 bits per heavy atom. The molecule has 0 aliphatic carbocycles. The average Bonchev–Trinajstić information content (AvgIpc) is 2.98. The molecule has 0 fully saturated rings. The lowest BCUT2D eigenvalue weighted by Crippen LogP contribution is -2.23.